The Balaban J connectivity index is 2.21. The van der Waals surface area contributed by atoms with E-state index in [0.717, 1.165) is 17.7 Å². The van der Waals surface area contributed by atoms with E-state index < -0.39 is 23.2 Å². The molecule has 3 N–H and O–H groups in total. The van der Waals surface area contributed by atoms with Crippen LogP contribution >= 0.6 is 0 Å². The summed E-state index contributed by atoms with van der Waals surface area (Å²) in [5.41, 5.74) is 0.801. The van der Waals surface area contributed by atoms with Gasteiger partial charge in [0.05, 0.1) is 5.56 Å². The fraction of sp³-hybridized carbons (Fsp3) is 0. The van der Waals surface area contributed by atoms with Crippen molar-refractivity contribution in [1.82, 2.24) is 0 Å². The van der Waals surface area contributed by atoms with Crippen molar-refractivity contribution in [3.8, 4) is 23.0 Å². The highest BCUT2D eigenvalue weighted by Gasteiger charge is 2.15. The molecular weight excluding hydrogens is 260 g/mol. The molecule has 0 radical (unpaired) electrons. The smallest absolute Gasteiger partial charge is 0.343 e. The molecule has 2 aromatic carbocycles. The molecule has 0 saturated heterocycles. The van der Waals surface area contributed by atoms with E-state index >= 15 is 0 Å². The largest absolute Gasteiger partial charge is 0.504 e. The minimum absolute atomic E-state index is 0.0782. The Labute approximate surface area is 115 Å². The van der Waals surface area contributed by atoms with Gasteiger partial charge in [0.2, 0.25) is 0 Å². The predicted octanol–water partition coefficient (Wildman–Crippen LogP) is 2.67. The van der Waals surface area contributed by atoms with Crippen LogP contribution in [0.25, 0.3) is 6.08 Å². The highest BCUT2D eigenvalue weighted by Crippen LogP contribution is 2.35. The molecule has 0 aromatic heterocycles. The lowest BCUT2D eigenvalue weighted by Gasteiger charge is -2.07. The van der Waals surface area contributed by atoms with Crippen molar-refractivity contribution >= 4 is 12.0 Å². The molecule has 2 aromatic rings. The molecule has 0 aliphatic carbocycles. The number of carbonyl (C=O) groups excluding carboxylic acids is 1. The quantitative estimate of drug-likeness (QED) is 0.454. The van der Waals surface area contributed by atoms with Gasteiger partial charge in [0.15, 0.2) is 17.2 Å². The first-order valence-electron chi connectivity index (χ1n) is 5.71. The van der Waals surface area contributed by atoms with E-state index in [9.17, 15) is 20.1 Å². The molecule has 102 valence electrons. The Morgan fingerprint density at radius 3 is 2.10 bits per heavy atom. The lowest BCUT2D eigenvalue weighted by Crippen LogP contribution is -2.08. The van der Waals surface area contributed by atoms with E-state index in [0.29, 0.717) is 5.75 Å². The predicted molar refractivity (Wildman–Crippen MR) is 72.9 cm³/mol. The van der Waals surface area contributed by atoms with Gasteiger partial charge in [0.25, 0.3) is 0 Å². The molecule has 0 fully saturated rings. The highest BCUT2D eigenvalue weighted by molar-refractivity contribution is 5.92. The first kappa shape index (κ1) is 13.5. The number of phenolic OH excluding ortho intramolecular Hbond substituents is 3. The first-order valence-corrected chi connectivity index (χ1v) is 5.71. The van der Waals surface area contributed by atoms with Crippen molar-refractivity contribution in [1.29, 1.82) is 0 Å². The molecule has 0 unspecified atom stereocenters. The summed E-state index contributed by atoms with van der Waals surface area (Å²) in [6.07, 6.45) is 1.65. The molecule has 0 aliphatic heterocycles. The molecular formula is C15H12O5. The fourth-order valence-corrected chi connectivity index (χ4v) is 1.56. The Kier molecular flexibility index (Phi) is 3.61. The summed E-state index contributed by atoms with van der Waals surface area (Å²) >= 11 is 0. The number of rotatable bonds is 3. The Hall–Kier alpha value is -2.95. The first-order chi connectivity index (χ1) is 9.51. The average Bonchev–Trinajstić information content (AvgIpc) is 2.45. The van der Waals surface area contributed by atoms with Crippen LogP contribution in [0.1, 0.15) is 15.9 Å². The monoisotopic (exact) mass is 272 g/mol. The van der Waals surface area contributed by atoms with Crippen molar-refractivity contribution in [2.45, 2.75) is 0 Å². The number of carbonyl (C=O) groups is 1. The molecule has 2 rings (SSSR count). The maximum atomic E-state index is 11.8. The number of phenols is 3. The normalized spacial score (nSPS) is 10.0. The van der Waals surface area contributed by atoms with Gasteiger partial charge >= 0.3 is 5.97 Å². The van der Waals surface area contributed by atoms with E-state index in [2.05, 4.69) is 6.58 Å². The number of ether oxygens (including phenoxy) is 1. The lowest BCUT2D eigenvalue weighted by molar-refractivity contribution is 0.0733. The molecule has 0 atom stereocenters. The zero-order valence-corrected chi connectivity index (χ0v) is 10.4. The summed E-state index contributed by atoms with van der Waals surface area (Å²) in [6, 6.07) is 8.65. The van der Waals surface area contributed by atoms with Crippen LogP contribution in [0.2, 0.25) is 0 Å². The lowest BCUT2D eigenvalue weighted by atomic mass is 10.2. The number of hydrogen-bond acceptors (Lipinski definition) is 5. The van der Waals surface area contributed by atoms with Gasteiger partial charge in [-0.05, 0) is 29.8 Å². The summed E-state index contributed by atoms with van der Waals surface area (Å²) < 4.78 is 5.07. The molecule has 0 amide bonds. The van der Waals surface area contributed by atoms with E-state index in [1.54, 1.807) is 30.3 Å². The van der Waals surface area contributed by atoms with E-state index in [1.165, 1.54) is 0 Å². The van der Waals surface area contributed by atoms with Crippen LogP contribution < -0.4 is 4.74 Å². The van der Waals surface area contributed by atoms with Crippen molar-refractivity contribution in [3.05, 3.63) is 54.1 Å². The summed E-state index contributed by atoms with van der Waals surface area (Å²) in [6.45, 7) is 3.61. The molecule has 5 nitrogen and oxygen atoms in total. The van der Waals surface area contributed by atoms with Crippen LogP contribution in [-0.4, -0.2) is 21.3 Å². The van der Waals surface area contributed by atoms with Crippen LogP contribution in [-0.2, 0) is 0 Å². The van der Waals surface area contributed by atoms with Crippen LogP contribution in [0.4, 0.5) is 0 Å². The van der Waals surface area contributed by atoms with Crippen molar-refractivity contribution in [3.63, 3.8) is 0 Å². The Morgan fingerprint density at radius 1 is 1.05 bits per heavy atom. The topological polar surface area (TPSA) is 87.0 Å². The zero-order valence-electron chi connectivity index (χ0n) is 10.4. The molecule has 0 aliphatic rings. The molecule has 0 bridgehead atoms. The summed E-state index contributed by atoms with van der Waals surface area (Å²) in [5, 5.41) is 27.9. The maximum Gasteiger partial charge on any atom is 0.343 e. The minimum atomic E-state index is -0.762. The van der Waals surface area contributed by atoms with E-state index in [1.807, 2.05) is 0 Å². The van der Waals surface area contributed by atoms with Crippen LogP contribution in [0, 0.1) is 0 Å². The third kappa shape index (κ3) is 2.72. The molecule has 0 saturated carbocycles. The third-order valence-electron chi connectivity index (χ3n) is 2.63. The van der Waals surface area contributed by atoms with Crippen LogP contribution in [0.5, 0.6) is 23.0 Å². The average molecular weight is 272 g/mol. The molecule has 0 heterocycles. The molecule has 20 heavy (non-hydrogen) atoms. The van der Waals surface area contributed by atoms with Crippen molar-refractivity contribution in [2.75, 3.05) is 0 Å². The second kappa shape index (κ2) is 5.36. The van der Waals surface area contributed by atoms with Gasteiger partial charge in [-0.25, -0.2) is 4.79 Å². The van der Waals surface area contributed by atoms with Gasteiger partial charge in [-0.2, -0.15) is 0 Å². The van der Waals surface area contributed by atoms with E-state index in [4.69, 9.17) is 4.74 Å². The zero-order chi connectivity index (χ0) is 14.7. The number of esters is 1. The van der Waals surface area contributed by atoms with Crippen molar-refractivity contribution < 1.29 is 24.9 Å². The van der Waals surface area contributed by atoms with Gasteiger partial charge in [0, 0.05) is 0 Å². The number of benzene rings is 2. The Morgan fingerprint density at radius 2 is 1.60 bits per heavy atom. The third-order valence-corrected chi connectivity index (χ3v) is 2.63. The summed E-state index contributed by atoms with van der Waals surface area (Å²) in [7, 11) is 0. The minimum Gasteiger partial charge on any atom is -0.504 e. The Bertz CT molecular complexity index is 635. The SMILES string of the molecule is C=Cc1ccc(OC(=O)c2cc(O)c(O)c(O)c2)cc1. The van der Waals surface area contributed by atoms with Gasteiger partial charge in [-0.1, -0.05) is 24.8 Å². The number of aromatic hydroxyl groups is 3. The van der Waals surface area contributed by atoms with Gasteiger partial charge in [-0.15, -0.1) is 0 Å². The highest BCUT2D eigenvalue weighted by atomic mass is 16.5. The van der Waals surface area contributed by atoms with Gasteiger partial charge < -0.3 is 20.1 Å². The van der Waals surface area contributed by atoms with Crippen molar-refractivity contribution in [2.24, 2.45) is 0 Å². The maximum absolute atomic E-state index is 11.8. The summed E-state index contributed by atoms with van der Waals surface area (Å²) in [5.74, 6) is -2.33. The standard InChI is InChI=1S/C15H12O5/c1-2-9-3-5-11(6-4-9)20-15(19)10-7-12(16)14(18)13(17)8-10/h2-8,16-18H,1H2. The van der Waals surface area contributed by atoms with Gasteiger partial charge in [-0.3, -0.25) is 0 Å². The second-order valence-corrected chi connectivity index (χ2v) is 4.03. The van der Waals surface area contributed by atoms with E-state index in [-0.39, 0.29) is 5.56 Å². The van der Waals surface area contributed by atoms with Crippen LogP contribution in [0.15, 0.2) is 43.0 Å². The second-order valence-electron chi connectivity index (χ2n) is 4.03. The number of hydrogen-bond donors (Lipinski definition) is 3. The molecule has 5 heteroatoms. The molecule has 0 spiro atoms. The van der Waals surface area contributed by atoms with Crippen LogP contribution in [0.3, 0.4) is 0 Å². The summed E-state index contributed by atoms with van der Waals surface area (Å²) in [4.78, 5) is 11.8. The fourth-order valence-electron chi connectivity index (χ4n) is 1.56. The van der Waals surface area contributed by atoms with Gasteiger partial charge in [0.1, 0.15) is 5.75 Å².